The quantitative estimate of drug-likeness (QED) is 0.373. The molecule has 0 saturated heterocycles. The Morgan fingerprint density at radius 3 is 2.62 bits per heavy atom. The van der Waals surface area contributed by atoms with Gasteiger partial charge in [0.25, 0.3) is 0 Å². The van der Waals surface area contributed by atoms with Gasteiger partial charge in [-0.25, -0.2) is 9.97 Å². The molecule has 0 fully saturated rings. The average Bonchev–Trinajstić information content (AvgIpc) is 3.00. The topological polar surface area (TPSA) is 52.1 Å². The lowest BCUT2D eigenvalue weighted by atomic mass is 10.2. The Labute approximate surface area is 149 Å². The van der Waals surface area contributed by atoms with Crippen LogP contribution < -0.4 is 0 Å². The molecule has 0 aliphatic carbocycles. The third-order valence-electron chi connectivity index (χ3n) is 3.32. The second-order valence-corrected chi connectivity index (χ2v) is 7.98. The van der Waals surface area contributed by atoms with Crippen molar-refractivity contribution in [3.05, 3.63) is 42.7 Å². The van der Waals surface area contributed by atoms with Crippen molar-refractivity contribution in [1.82, 2.24) is 9.97 Å². The van der Waals surface area contributed by atoms with Gasteiger partial charge in [-0.3, -0.25) is 4.79 Å². The number of carbonyl (C=O) groups is 1. The molecule has 0 spiro atoms. The minimum Gasteiger partial charge on any atom is -0.462 e. The van der Waals surface area contributed by atoms with E-state index in [1.807, 2.05) is 39.0 Å². The van der Waals surface area contributed by atoms with Gasteiger partial charge in [0.15, 0.2) is 0 Å². The van der Waals surface area contributed by atoms with E-state index < -0.39 is 0 Å². The Kier molecular flexibility index (Phi) is 5.16. The van der Waals surface area contributed by atoms with Crippen LogP contribution in [0.3, 0.4) is 0 Å². The smallest absolute Gasteiger partial charge is 0.319 e. The van der Waals surface area contributed by atoms with Crippen LogP contribution in [0.5, 0.6) is 0 Å². The molecule has 4 nitrogen and oxygen atoms in total. The monoisotopic (exact) mass is 358 g/mol. The van der Waals surface area contributed by atoms with Crippen LogP contribution in [0.25, 0.3) is 20.7 Å². The van der Waals surface area contributed by atoms with Gasteiger partial charge in [-0.1, -0.05) is 42.1 Å². The normalized spacial score (nSPS) is 12.5. The highest BCUT2D eigenvalue weighted by molar-refractivity contribution is 8.00. The van der Waals surface area contributed by atoms with E-state index in [-0.39, 0.29) is 17.3 Å². The van der Waals surface area contributed by atoms with Crippen LogP contribution in [0.2, 0.25) is 0 Å². The summed E-state index contributed by atoms with van der Waals surface area (Å²) in [6.07, 6.45) is 1.44. The van der Waals surface area contributed by atoms with Crippen molar-refractivity contribution in [1.29, 1.82) is 0 Å². The first-order chi connectivity index (χ1) is 11.5. The summed E-state index contributed by atoms with van der Waals surface area (Å²) in [6, 6.07) is 12.3. The molecule has 0 unspecified atom stereocenters. The first kappa shape index (κ1) is 16.9. The van der Waals surface area contributed by atoms with E-state index in [0.29, 0.717) is 0 Å². The van der Waals surface area contributed by atoms with E-state index in [2.05, 4.69) is 28.2 Å². The molecule has 1 atom stereocenters. The number of hydrogen-bond acceptors (Lipinski definition) is 6. The summed E-state index contributed by atoms with van der Waals surface area (Å²) < 4.78 is 5.27. The van der Waals surface area contributed by atoms with Gasteiger partial charge in [0.1, 0.15) is 21.4 Å². The molecule has 0 radical (unpaired) electrons. The highest BCUT2D eigenvalue weighted by Gasteiger charge is 2.20. The molecule has 2 aromatic heterocycles. The fourth-order valence-electron chi connectivity index (χ4n) is 2.22. The van der Waals surface area contributed by atoms with E-state index in [1.165, 1.54) is 11.8 Å². The zero-order chi connectivity index (χ0) is 17.1. The molecule has 0 aliphatic heterocycles. The second-order valence-electron chi connectivity index (χ2n) is 5.62. The standard InChI is InChI=1S/C18H18N2O2S2/c1-11(2)22-18(21)12(3)23-16-14-9-15(13-7-5-4-6-8-13)24-17(14)20-10-19-16/h4-12H,1-3H3/t12-/m1/s1. The fraction of sp³-hybridized carbons (Fsp3) is 0.278. The van der Waals surface area contributed by atoms with E-state index in [1.54, 1.807) is 17.7 Å². The van der Waals surface area contributed by atoms with Crippen LogP contribution >= 0.6 is 23.1 Å². The Hall–Kier alpha value is -1.92. The number of hydrogen-bond donors (Lipinski definition) is 0. The maximum atomic E-state index is 12.0. The summed E-state index contributed by atoms with van der Waals surface area (Å²) in [4.78, 5) is 22.8. The maximum Gasteiger partial charge on any atom is 0.319 e. The van der Waals surface area contributed by atoms with E-state index in [9.17, 15) is 4.79 Å². The van der Waals surface area contributed by atoms with Gasteiger partial charge in [-0.15, -0.1) is 11.3 Å². The lowest BCUT2D eigenvalue weighted by molar-refractivity contribution is -0.146. The van der Waals surface area contributed by atoms with Gasteiger partial charge in [0.05, 0.1) is 6.10 Å². The summed E-state index contributed by atoms with van der Waals surface area (Å²) in [5.74, 6) is -0.222. The molecule has 6 heteroatoms. The lowest BCUT2D eigenvalue weighted by Crippen LogP contribution is -2.20. The van der Waals surface area contributed by atoms with Crippen molar-refractivity contribution >= 4 is 39.3 Å². The van der Waals surface area contributed by atoms with E-state index in [4.69, 9.17) is 4.74 Å². The molecule has 0 N–H and O–H groups in total. The van der Waals surface area contributed by atoms with Crippen molar-refractivity contribution in [2.75, 3.05) is 0 Å². The van der Waals surface area contributed by atoms with Gasteiger partial charge in [-0.2, -0.15) is 0 Å². The molecule has 3 rings (SSSR count). The summed E-state index contributed by atoms with van der Waals surface area (Å²) in [5, 5.41) is 1.48. The number of benzene rings is 1. The predicted octanol–water partition coefficient (Wildman–Crippen LogP) is 4.79. The second kappa shape index (κ2) is 7.32. The maximum absolute atomic E-state index is 12.0. The first-order valence-electron chi connectivity index (χ1n) is 7.71. The number of fused-ring (bicyclic) bond motifs is 1. The third kappa shape index (κ3) is 3.76. The van der Waals surface area contributed by atoms with Gasteiger partial charge in [0.2, 0.25) is 0 Å². The summed E-state index contributed by atoms with van der Waals surface area (Å²) in [7, 11) is 0. The van der Waals surface area contributed by atoms with Gasteiger partial charge in [0, 0.05) is 10.3 Å². The molecule has 3 aromatic rings. The Balaban J connectivity index is 1.89. The molecule has 2 heterocycles. The number of thioether (sulfide) groups is 1. The van der Waals surface area contributed by atoms with Crippen LogP contribution in [0.1, 0.15) is 20.8 Å². The van der Waals surface area contributed by atoms with Crippen LogP contribution in [-0.4, -0.2) is 27.3 Å². The third-order valence-corrected chi connectivity index (χ3v) is 5.51. The molecule has 0 amide bonds. The Morgan fingerprint density at radius 1 is 1.17 bits per heavy atom. The number of esters is 1. The number of ether oxygens (including phenoxy) is 1. The molecule has 124 valence electrons. The molecule has 0 saturated carbocycles. The van der Waals surface area contributed by atoms with Crippen LogP contribution in [-0.2, 0) is 9.53 Å². The van der Waals surface area contributed by atoms with Crippen molar-refractivity contribution in [3.8, 4) is 10.4 Å². The highest BCUT2D eigenvalue weighted by Crippen LogP contribution is 2.37. The van der Waals surface area contributed by atoms with Gasteiger partial charge < -0.3 is 4.74 Å². The minimum atomic E-state index is -0.314. The fourth-order valence-corrected chi connectivity index (χ4v) is 4.16. The zero-order valence-corrected chi connectivity index (χ0v) is 15.4. The molecule has 0 aliphatic rings. The van der Waals surface area contributed by atoms with Crippen molar-refractivity contribution < 1.29 is 9.53 Å². The number of thiophene rings is 1. The molecule has 1 aromatic carbocycles. The van der Waals surface area contributed by atoms with Crippen molar-refractivity contribution in [3.63, 3.8) is 0 Å². The molecule has 24 heavy (non-hydrogen) atoms. The number of carbonyl (C=O) groups excluding carboxylic acids is 1. The molecule has 0 bridgehead atoms. The van der Waals surface area contributed by atoms with Crippen LogP contribution in [0.15, 0.2) is 47.8 Å². The summed E-state index contributed by atoms with van der Waals surface area (Å²) in [5.41, 5.74) is 1.16. The van der Waals surface area contributed by atoms with Gasteiger partial charge >= 0.3 is 5.97 Å². The largest absolute Gasteiger partial charge is 0.462 e. The van der Waals surface area contributed by atoms with Gasteiger partial charge in [-0.05, 0) is 32.4 Å². The van der Waals surface area contributed by atoms with E-state index >= 15 is 0 Å². The predicted molar refractivity (Wildman–Crippen MR) is 99.4 cm³/mol. The van der Waals surface area contributed by atoms with Crippen molar-refractivity contribution in [2.24, 2.45) is 0 Å². The number of aromatic nitrogens is 2. The van der Waals surface area contributed by atoms with E-state index in [0.717, 1.165) is 25.7 Å². The highest BCUT2D eigenvalue weighted by atomic mass is 32.2. The number of nitrogens with zero attached hydrogens (tertiary/aromatic N) is 2. The average molecular weight is 358 g/mol. The zero-order valence-electron chi connectivity index (χ0n) is 13.7. The summed E-state index contributed by atoms with van der Waals surface area (Å²) >= 11 is 3.04. The Bertz CT molecular complexity index is 847. The minimum absolute atomic E-state index is 0.114. The van der Waals surface area contributed by atoms with Crippen LogP contribution in [0, 0.1) is 0 Å². The number of rotatable bonds is 5. The molecular formula is C18H18N2O2S2. The lowest BCUT2D eigenvalue weighted by Gasteiger charge is -2.13. The summed E-state index contributed by atoms with van der Waals surface area (Å²) in [6.45, 7) is 5.54. The first-order valence-corrected chi connectivity index (χ1v) is 9.41. The van der Waals surface area contributed by atoms with Crippen molar-refractivity contribution in [2.45, 2.75) is 37.2 Å². The Morgan fingerprint density at radius 2 is 1.92 bits per heavy atom. The molecular weight excluding hydrogens is 340 g/mol. The SMILES string of the molecule is CC(C)OC(=O)[C@@H](C)Sc1ncnc2sc(-c3ccccc3)cc12. The van der Waals surface area contributed by atoms with Crippen LogP contribution in [0.4, 0.5) is 0 Å².